The van der Waals surface area contributed by atoms with Gasteiger partial charge in [0.2, 0.25) is 5.88 Å². The van der Waals surface area contributed by atoms with Gasteiger partial charge in [0.25, 0.3) is 0 Å². The minimum atomic E-state index is -0.0642. The molecule has 7 heteroatoms. The van der Waals surface area contributed by atoms with E-state index in [0.29, 0.717) is 40.3 Å². The average Bonchev–Trinajstić information content (AvgIpc) is 2.90. The first-order chi connectivity index (χ1) is 12.1. The standard InChI is InChI=1S/C18H14ClNO4S/c19-11-1-4-13(5-2-11)25-16-10-17(21)20(18(16)22)12-3-6-14-15(9-12)24-8-7-23-14/h1-6,9-10,21-22H,7-8H2. The fourth-order valence-electron chi connectivity index (χ4n) is 2.60. The van der Waals surface area contributed by atoms with Gasteiger partial charge in [-0.3, -0.25) is 4.57 Å². The van der Waals surface area contributed by atoms with Crippen molar-refractivity contribution in [1.82, 2.24) is 4.57 Å². The Bertz CT molecular complexity index is 924. The number of hydrogen-bond acceptors (Lipinski definition) is 5. The summed E-state index contributed by atoms with van der Waals surface area (Å²) in [4.78, 5) is 1.44. The van der Waals surface area contributed by atoms with Crippen molar-refractivity contribution >= 4 is 23.4 Å². The van der Waals surface area contributed by atoms with Crippen molar-refractivity contribution in [3.8, 4) is 28.9 Å². The molecule has 2 N–H and O–H groups in total. The summed E-state index contributed by atoms with van der Waals surface area (Å²) in [5.41, 5.74) is 0.585. The van der Waals surface area contributed by atoms with Crippen LogP contribution in [0.15, 0.2) is 58.3 Å². The highest BCUT2D eigenvalue weighted by Gasteiger charge is 2.19. The normalized spacial score (nSPS) is 13.0. The van der Waals surface area contributed by atoms with Gasteiger partial charge >= 0.3 is 0 Å². The first-order valence-corrected chi connectivity index (χ1v) is 8.78. The average molecular weight is 376 g/mol. The molecular weight excluding hydrogens is 362 g/mol. The maximum absolute atomic E-state index is 10.6. The van der Waals surface area contributed by atoms with Crippen LogP contribution in [0.3, 0.4) is 0 Å². The topological polar surface area (TPSA) is 63.9 Å². The van der Waals surface area contributed by atoms with Crippen LogP contribution >= 0.6 is 23.4 Å². The van der Waals surface area contributed by atoms with E-state index in [1.807, 2.05) is 12.1 Å². The van der Waals surface area contributed by atoms with Gasteiger partial charge in [-0.1, -0.05) is 23.4 Å². The maximum Gasteiger partial charge on any atom is 0.213 e. The Hall–Kier alpha value is -2.44. The van der Waals surface area contributed by atoms with E-state index in [1.165, 1.54) is 22.4 Å². The van der Waals surface area contributed by atoms with E-state index in [4.69, 9.17) is 21.1 Å². The third-order valence-electron chi connectivity index (χ3n) is 3.75. The molecule has 0 spiro atoms. The van der Waals surface area contributed by atoms with Gasteiger partial charge in [0, 0.05) is 22.1 Å². The van der Waals surface area contributed by atoms with Gasteiger partial charge in [-0.15, -0.1) is 0 Å². The zero-order valence-corrected chi connectivity index (χ0v) is 14.5. The van der Waals surface area contributed by atoms with E-state index < -0.39 is 0 Å². The molecule has 5 nitrogen and oxygen atoms in total. The second-order valence-electron chi connectivity index (χ2n) is 5.41. The molecule has 0 saturated carbocycles. The monoisotopic (exact) mass is 375 g/mol. The number of benzene rings is 2. The molecule has 0 amide bonds. The first kappa shape index (κ1) is 16.1. The largest absolute Gasteiger partial charge is 0.494 e. The fraction of sp³-hybridized carbons (Fsp3) is 0.111. The number of rotatable bonds is 3. The van der Waals surface area contributed by atoms with Crippen molar-refractivity contribution in [3.63, 3.8) is 0 Å². The van der Waals surface area contributed by atoms with E-state index in [0.717, 1.165) is 4.90 Å². The molecule has 1 aromatic heterocycles. The molecule has 0 aliphatic carbocycles. The number of hydrogen-bond donors (Lipinski definition) is 2. The molecule has 1 aliphatic heterocycles. The summed E-state index contributed by atoms with van der Waals surface area (Å²) < 4.78 is 12.4. The summed E-state index contributed by atoms with van der Waals surface area (Å²) in [6.07, 6.45) is 0. The lowest BCUT2D eigenvalue weighted by molar-refractivity contribution is 0.171. The second kappa shape index (κ2) is 6.46. The Balaban J connectivity index is 1.69. The molecule has 3 aromatic rings. The van der Waals surface area contributed by atoms with E-state index in [-0.39, 0.29) is 11.8 Å². The number of halogens is 1. The molecule has 0 atom stereocenters. The molecule has 1 aliphatic rings. The van der Waals surface area contributed by atoms with Crippen LogP contribution in [0.4, 0.5) is 0 Å². The van der Waals surface area contributed by atoms with Crippen LogP contribution in [-0.4, -0.2) is 28.0 Å². The minimum absolute atomic E-state index is 0.0471. The van der Waals surface area contributed by atoms with Crippen molar-refractivity contribution in [2.24, 2.45) is 0 Å². The predicted molar refractivity (Wildman–Crippen MR) is 95.7 cm³/mol. The van der Waals surface area contributed by atoms with Gasteiger partial charge in [0.05, 0.1) is 10.6 Å². The predicted octanol–water partition coefficient (Wildman–Crippen LogP) is 4.46. The molecule has 25 heavy (non-hydrogen) atoms. The smallest absolute Gasteiger partial charge is 0.213 e. The number of aromatic nitrogens is 1. The molecule has 4 rings (SSSR count). The van der Waals surface area contributed by atoms with Crippen LogP contribution in [0, 0.1) is 0 Å². The summed E-state index contributed by atoms with van der Waals surface area (Å²) in [5.74, 6) is 1.12. The van der Waals surface area contributed by atoms with E-state index in [9.17, 15) is 10.2 Å². The number of ether oxygens (including phenoxy) is 2. The lowest BCUT2D eigenvalue weighted by Gasteiger charge is -2.19. The molecular formula is C18H14ClNO4S. The Morgan fingerprint density at radius 2 is 1.64 bits per heavy atom. The van der Waals surface area contributed by atoms with E-state index >= 15 is 0 Å². The van der Waals surface area contributed by atoms with Gasteiger partial charge in [0.15, 0.2) is 17.4 Å². The van der Waals surface area contributed by atoms with Crippen molar-refractivity contribution in [2.75, 3.05) is 13.2 Å². The zero-order valence-electron chi connectivity index (χ0n) is 13.0. The van der Waals surface area contributed by atoms with Gasteiger partial charge in [-0.2, -0.15) is 0 Å². The Morgan fingerprint density at radius 3 is 2.40 bits per heavy atom. The minimum Gasteiger partial charge on any atom is -0.494 e. The van der Waals surface area contributed by atoms with Crippen LogP contribution < -0.4 is 9.47 Å². The van der Waals surface area contributed by atoms with Gasteiger partial charge < -0.3 is 19.7 Å². The molecule has 0 unspecified atom stereocenters. The summed E-state index contributed by atoms with van der Waals surface area (Å²) in [6.45, 7) is 0.978. The van der Waals surface area contributed by atoms with Crippen molar-refractivity contribution in [3.05, 3.63) is 53.6 Å². The third kappa shape index (κ3) is 3.10. The lowest BCUT2D eigenvalue weighted by Crippen LogP contribution is -2.15. The molecule has 0 radical (unpaired) electrons. The molecule has 0 fully saturated rings. The highest BCUT2D eigenvalue weighted by molar-refractivity contribution is 7.99. The quantitative estimate of drug-likeness (QED) is 0.707. The van der Waals surface area contributed by atoms with Crippen molar-refractivity contribution in [1.29, 1.82) is 0 Å². The van der Waals surface area contributed by atoms with Gasteiger partial charge in [-0.05, 0) is 36.4 Å². The lowest BCUT2D eigenvalue weighted by atomic mass is 10.2. The molecule has 2 heterocycles. The van der Waals surface area contributed by atoms with Crippen LogP contribution in [0.25, 0.3) is 5.69 Å². The SMILES string of the molecule is Oc1cc(Sc2ccc(Cl)cc2)c(O)n1-c1ccc2c(c1)OCCO2. The highest BCUT2D eigenvalue weighted by Crippen LogP contribution is 2.42. The highest BCUT2D eigenvalue weighted by atomic mass is 35.5. The molecule has 128 valence electrons. The Labute approximate surface area is 153 Å². The van der Waals surface area contributed by atoms with E-state index in [2.05, 4.69) is 0 Å². The van der Waals surface area contributed by atoms with Crippen LogP contribution in [0.1, 0.15) is 0 Å². The van der Waals surface area contributed by atoms with Crippen LogP contribution in [0.2, 0.25) is 5.02 Å². The van der Waals surface area contributed by atoms with E-state index in [1.54, 1.807) is 30.3 Å². The Kier molecular flexibility index (Phi) is 4.15. The second-order valence-corrected chi connectivity index (χ2v) is 6.96. The van der Waals surface area contributed by atoms with Gasteiger partial charge in [-0.25, -0.2) is 0 Å². The summed E-state index contributed by atoms with van der Waals surface area (Å²) in [7, 11) is 0. The number of fused-ring (bicyclic) bond motifs is 1. The molecule has 0 saturated heterocycles. The number of aromatic hydroxyl groups is 2. The fourth-order valence-corrected chi connectivity index (χ4v) is 3.59. The summed E-state index contributed by atoms with van der Waals surface area (Å²) >= 11 is 7.22. The van der Waals surface area contributed by atoms with Crippen LogP contribution in [-0.2, 0) is 0 Å². The van der Waals surface area contributed by atoms with Crippen molar-refractivity contribution in [2.45, 2.75) is 9.79 Å². The maximum atomic E-state index is 10.6. The van der Waals surface area contributed by atoms with Crippen molar-refractivity contribution < 1.29 is 19.7 Å². The molecule has 2 aromatic carbocycles. The van der Waals surface area contributed by atoms with Gasteiger partial charge in [0.1, 0.15) is 13.2 Å². The Morgan fingerprint density at radius 1 is 0.920 bits per heavy atom. The first-order valence-electron chi connectivity index (χ1n) is 7.59. The summed E-state index contributed by atoms with van der Waals surface area (Å²) in [6, 6.07) is 14.0. The summed E-state index contributed by atoms with van der Waals surface area (Å²) in [5, 5.41) is 21.5. The molecule has 0 bridgehead atoms. The zero-order chi connectivity index (χ0) is 17.4. The van der Waals surface area contributed by atoms with Crippen LogP contribution in [0.5, 0.6) is 23.3 Å². The third-order valence-corrected chi connectivity index (χ3v) is 5.03. The number of nitrogens with zero attached hydrogens (tertiary/aromatic N) is 1.